The van der Waals surface area contributed by atoms with E-state index in [4.69, 9.17) is 20.9 Å². The fourth-order valence-electron chi connectivity index (χ4n) is 3.92. The first kappa shape index (κ1) is 28.3. The lowest BCUT2D eigenvalue weighted by Gasteiger charge is -2.41. The molecule has 0 radical (unpaired) electrons. The van der Waals surface area contributed by atoms with Crippen LogP contribution >= 0.6 is 0 Å². The molecule has 0 spiro atoms. The minimum atomic E-state index is -5.02. The van der Waals surface area contributed by atoms with Crippen LogP contribution in [0.4, 0.5) is 35.5 Å². The number of rotatable bonds is 6. The lowest BCUT2D eigenvalue weighted by Crippen LogP contribution is -2.83. The number of carbonyl (C=O) groups excluding carboxylic acids is 1. The first-order valence-corrected chi connectivity index (χ1v) is 10.9. The van der Waals surface area contributed by atoms with Crippen LogP contribution < -0.4 is 16.5 Å². The molecule has 2 aromatic carbocycles. The Hall–Kier alpha value is -3.23. The molecule has 5 N–H and O–H groups in total. The van der Waals surface area contributed by atoms with Gasteiger partial charge in [0.25, 0.3) is 0 Å². The molecule has 37 heavy (non-hydrogen) atoms. The van der Waals surface area contributed by atoms with Crippen LogP contribution in [0.2, 0.25) is 0 Å². The van der Waals surface area contributed by atoms with Crippen molar-refractivity contribution in [3.05, 3.63) is 70.5 Å². The third-order valence-corrected chi connectivity index (χ3v) is 5.60. The standard InChI is InChI=1S/C23H23F7N4O3/c1-12(14-8-15(22(25,26)27)10-16(9-14)23(28,29)30)37-20-19(13-2-4-17(24)5-3-13)34(6-7-36-20)11-18(31)33-21(32)35/h2-5,8-10,12,19-20H,6-7,11H2,1H3,(H4,31,32,33,35)/p+1/t12-,19-,20+/m1/s1. The van der Waals surface area contributed by atoms with Crippen molar-refractivity contribution in [3.8, 4) is 0 Å². The number of carbonyl (C=O) groups is 1. The second-order valence-corrected chi connectivity index (χ2v) is 8.34. The van der Waals surface area contributed by atoms with E-state index in [0.29, 0.717) is 17.7 Å². The number of morpholine rings is 1. The molecule has 0 aliphatic carbocycles. The summed E-state index contributed by atoms with van der Waals surface area (Å²) in [6, 6.07) is 4.64. The molecule has 0 aromatic heterocycles. The largest absolute Gasteiger partial charge is 0.431 e. The van der Waals surface area contributed by atoms with Gasteiger partial charge >= 0.3 is 18.4 Å². The van der Waals surface area contributed by atoms with E-state index in [-0.39, 0.29) is 37.2 Å². The summed E-state index contributed by atoms with van der Waals surface area (Å²) in [4.78, 5) is 15.1. The van der Waals surface area contributed by atoms with Gasteiger partial charge in [0.15, 0.2) is 6.29 Å². The molecule has 3 atom stereocenters. The third kappa shape index (κ3) is 7.40. The molecule has 1 saturated heterocycles. The highest BCUT2D eigenvalue weighted by molar-refractivity contribution is 5.81. The maximum absolute atomic E-state index is 13.6. The zero-order valence-corrected chi connectivity index (χ0v) is 19.4. The van der Waals surface area contributed by atoms with Crippen molar-refractivity contribution in [1.29, 1.82) is 0 Å². The van der Waals surface area contributed by atoms with Crippen LogP contribution in [0.15, 0.2) is 42.5 Å². The van der Waals surface area contributed by atoms with Gasteiger partial charge in [0.1, 0.15) is 5.82 Å². The van der Waals surface area contributed by atoms with E-state index in [2.05, 4.69) is 4.99 Å². The fraction of sp³-hybridized carbons (Fsp3) is 0.391. The summed E-state index contributed by atoms with van der Waals surface area (Å²) in [7, 11) is 0. The summed E-state index contributed by atoms with van der Waals surface area (Å²) in [5, 5.41) is 0. The molecule has 1 fully saturated rings. The quantitative estimate of drug-likeness (QED) is 0.299. The van der Waals surface area contributed by atoms with Gasteiger partial charge in [-0.3, -0.25) is 10.6 Å². The SMILES string of the molecule is C[C@@H](O[C@@H]1OCCN(C/C(N)=[NH+]/C(N)=O)[C@@H]1c1ccc(F)cc1)c1cc(C(F)(F)F)cc(C(F)(F)F)c1. The molecular weight excluding hydrogens is 513 g/mol. The highest BCUT2D eigenvalue weighted by Gasteiger charge is 2.39. The van der Waals surface area contributed by atoms with Gasteiger partial charge in [-0.05, 0) is 48.4 Å². The molecule has 202 valence electrons. The maximum Gasteiger partial charge on any atom is 0.431 e. The maximum atomic E-state index is 13.6. The molecule has 1 heterocycles. The van der Waals surface area contributed by atoms with Gasteiger partial charge in [-0.15, -0.1) is 0 Å². The molecule has 0 bridgehead atoms. The van der Waals surface area contributed by atoms with Crippen molar-refractivity contribution in [2.75, 3.05) is 19.7 Å². The molecule has 7 nitrogen and oxygen atoms in total. The van der Waals surface area contributed by atoms with Crippen molar-refractivity contribution in [2.45, 2.75) is 37.7 Å². The van der Waals surface area contributed by atoms with Crippen molar-refractivity contribution in [1.82, 2.24) is 4.90 Å². The number of alkyl halides is 6. The number of nitrogens with zero attached hydrogens (tertiary/aromatic N) is 1. The van der Waals surface area contributed by atoms with Crippen LogP contribution in [-0.2, 0) is 21.8 Å². The average Bonchev–Trinajstić information content (AvgIpc) is 2.78. The number of nitrogens with two attached hydrogens (primary N) is 2. The number of ether oxygens (including phenoxy) is 2. The van der Waals surface area contributed by atoms with Crippen LogP contribution in [0.3, 0.4) is 0 Å². The second kappa shape index (κ2) is 11.0. The number of hydrogen-bond donors (Lipinski definition) is 3. The number of urea groups is 1. The fourth-order valence-corrected chi connectivity index (χ4v) is 3.92. The Morgan fingerprint density at radius 3 is 2.16 bits per heavy atom. The van der Waals surface area contributed by atoms with Crippen molar-refractivity contribution in [3.63, 3.8) is 0 Å². The molecule has 1 aliphatic heterocycles. The van der Waals surface area contributed by atoms with E-state index >= 15 is 0 Å². The summed E-state index contributed by atoms with van der Waals surface area (Å²) in [6.45, 7) is 1.54. The van der Waals surface area contributed by atoms with E-state index in [9.17, 15) is 35.5 Å². The topological polar surface area (TPSA) is 105 Å². The van der Waals surface area contributed by atoms with Gasteiger partial charge in [-0.1, -0.05) is 12.1 Å². The molecular formula is C23H24F7N4O3+. The van der Waals surface area contributed by atoms with Gasteiger partial charge in [0.05, 0.1) is 36.4 Å². The van der Waals surface area contributed by atoms with Crippen LogP contribution in [0.5, 0.6) is 0 Å². The number of amidine groups is 1. The smallest absolute Gasteiger partial charge is 0.349 e. The van der Waals surface area contributed by atoms with Crippen LogP contribution in [0.1, 0.15) is 41.3 Å². The van der Waals surface area contributed by atoms with E-state index in [1.54, 1.807) is 4.90 Å². The number of amides is 2. The predicted molar refractivity (Wildman–Crippen MR) is 116 cm³/mol. The van der Waals surface area contributed by atoms with Crippen molar-refractivity contribution in [2.24, 2.45) is 11.5 Å². The Balaban J connectivity index is 1.96. The lowest BCUT2D eigenvalue weighted by molar-refractivity contribution is -0.343. The zero-order chi connectivity index (χ0) is 27.5. The Morgan fingerprint density at radius 1 is 1.08 bits per heavy atom. The number of benzene rings is 2. The second-order valence-electron chi connectivity index (χ2n) is 8.34. The molecule has 0 saturated carbocycles. The van der Waals surface area contributed by atoms with E-state index in [1.165, 1.54) is 31.2 Å². The summed E-state index contributed by atoms with van der Waals surface area (Å²) in [5.41, 5.74) is 8.05. The third-order valence-electron chi connectivity index (χ3n) is 5.60. The molecule has 1 aliphatic rings. The highest BCUT2D eigenvalue weighted by Crippen LogP contribution is 2.39. The van der Waals surface area contributed by atoms with Gasteiger partial charge in [-0.25, -0.2) is 14.2 Å². The van der Waals surface area contributed by atoms with Gasteiger partial charge in [0.2, 0.25) is 5.84 Å². The first-order chi connectivity index (χ1) is 17.1. The monoisotopic (exact) mass is 537 g/mol. The molecule has 2 amide bonds. The van der Waals surface area contributed by atoms with E-state index < -0.39 is 53.8 Å². The summed E-state index contributed by atoms with van der Waals surface area (Å²) >= 11 is 0. The molecule has 14 heteroatoms. The van der Waals surface area contributed by atoms with Gasteiger partial charge < -0.3 is 15.2 Å². The minimum absolute atomic E-state index is 0.0268. The predicted octanol–water partition coefficient (Wildman–Crippen LogP) is 2.86. The lowest BCUT2D eigenvalue weighted by atomic mass is 10.0. The average molecular weight is 537 g/mol. The summed E-state index contributed by atoms with van der Waals surface area (Å²) in [6.07, 6.45) is -12.5. The van der Waals surface area contributed by atoms with E-state index in [1.807, 2.05) is 0 Å². The van der Waals surface area contributed by atoms with Crippen molar-refractivity contribution < 1.29 is 50.0 Å². The first-order valence-electron chi connectivity index (χ1n) is 10.9. The van der Waals surface area contributed by atoms with Crippen LogP contribution in [0.25, 0.3) is 0 Å². The molecule has 2 aromatic rings. The summed E-state index contributed by atoms with van der Waals surface area (Å²) in [5.74, 6) is -0.566. The van der Waals surface area contributed by atoms with E-state index in [0.717, 1.165) is 0 Å². The van der Waals surface area contributed by atoms with Crippen molar-refractivity contribution >= 4 is 11.9 Å². The molecule has 0 unspecified atom stereocenters. The van der Waals surface area contributed by atoms with Gasteiger partial charge in [-0.2, -0.15) is 26.3 Å². The number of halogens is 7. The Bertz CT molecular complexity index is 1100. The number of primary amides is 1. The van der Waals surface area contributed by atoms with Crippen LogP contribution in [0, 0.1) is 5.82 Å². The Kier molecular flexibility index (Phi) is 8.45. The zero-order valence-electron chi connectivity index (χ0n) is 19.4. The normalized spacial score (nSPS) is 20.6. The summed E-state index contributed by atoms with van der Waals surface area (Å²) < 4.78 is 105. The highest BCUT2D eigenvalue weighted by atomic mass is 19.4. The number of hydrogen-bond acceptors (Lipinski definition) is 4. The Morgan fingerprint density at radius 2 is 1.65 bits per heavy atom. The van der Waals surface area contributed by atoms with Gasteiger partial charge in [0, 0.05) is 6.54 Å². The van der Waals surface area contributed by atoms with Crippen LogP contribution in [-0.4, -0.2) is 42.8 Å². The number of nitrogens with one attached hydrogen (secondary N) is 1. The Labute approximate surface area is 206 Å². The minimum Gasteiger partial charge on any atom is -0.349 e. The molecule has 3 rings (SSSR count).